The van der Waals surface area contributed by atoms with Gasteiger partial charge in [-0.2, -0.15) is 0 Å². The van der Waals surface area contributed by atoms with E-state index in [9.17, 15) is 4.79 Å². The van der Waals surface area contributed by atoms with E-state index in [0.717, 1.165) is 0 Å². The number of carbonyl (C=O) groups excluding carboxylic acids is 1. The van der Waals surface area contributed by atoms with Gasteiger partial charge in [-0.25, -0.2) is 11.1 Å². The van der Waals surface area contributed by atoms with E-state index in [-0.39, 0.29) is 69.4 Å². The molecule has 2 saturated heterocycles. The minimum Gasteiger partial charge on any atom is -0.870 e. The summed E-state index contributed by atoms with van der Waals surface area (Å²) in [7, 11) is 0. The largest absolute Gasteiger partial charge is 1.00 e. The number of rotatable bonds is 0. The molecule has 2 aliphatic heterocycles. The molecule has 0 amide bonds. The zero-order chi connectivity index (χ0) is 17.1. The topological polar surface area (TPSA) is 119 Å². The van der Waals surface area contributed by atoms with E-state index >= 15 is 0 Å². The normalized spacial score (nSPS) is 24.8. The molecule has 0 aromatic carbocycles. The SMILES string of the molecule is CC1(C)CC(=O)C(C)(C)N1.CC1(C)CCC(C)(C)N1.N=N.[HH].[K+].[OH-]. The number of carbonyl (C=O) groups is 1. The van der Waals surface area contributed by atoms with Crippen LogP contribution < -0.4 is 62.0 Å². The van der Waals surface area contributed by atoms with Gasteiger partial charge in [-0.3, -0.25) is 10.1 Å². The van der Waals surface area contributed by atoms with Gasteiger partial charge < -0.3 is 10.8 Å². The van der Waals surface area contributed by atoms with Gasteiger partial charge in [0.25, 0.3) is 0 Å². The molecule has 7 heteroatoms. The Hall–Kier alpha value is 0.786. The van der Waals surface area contributed by atoms with Crippen LogP contribution in [0.25, 0.3) is 0 Å². The molecule has 2 rings (SSSR count). The smallest absolute Gasteiger partial charge is 0.870 e. The molecule has 0 saturated carbocycles. The van der Waals surface area contributed by atoms with Crippen LogP contribution in [-0.4, -0.2) is 33.4 Å². The van der Waals surface area contributed by atoms with Crippen molar-refractivity contribution in [2.45, 2.75) is 96.8 Å². The predicted octanol–water partition coefficient (Wildman–Crippen LogP) is 0.702. The molecule has 2 heterocycles. The van der Waals surface area contributed by atoms with E-state index < -0.39 is 0 Å². The Kier molecular flexibility index (Phi) is 12.5. The van der Waals surface area contributed by atoms with Crippen LogP contribution >= 0.6 is 0 Å². The number of hydrogen-bond acceptors (Lipinski definition) is 6. The van der Waals surface area contributed by atoms with Crippen molar-refractivity contribution in [2.24, 2.45) is 0 Å². The van der Waals surface area contributed by atoms with Crippen molar-refractivity contribution in [1.82, 2.24) is 10.6 Å². The summed E-state index contributed by atoms with van der Waals surface area (Å²) in [4.78, 5) is 11.2. The molecule has 0 spiro atoms. The molecule has 23 heavy (non-hydrogen) atoms. The Morgan fingerprint density at radius 3 is 1.26 bits per heavy atom. The first kappa shape index (κ1) is 28.6. The minimum absolute atomic E-state index is 0. The molecule has 0 atom stereocenters. The molecule has 0 radical (unpaired) electrons. The maximum Gasteiger partial charge on any atom is 1.00 e. The maximum absolute atomic E-state index is 11.2. The van der Waals surface area contributed by atoms with Gasteiger partial charge in [0.05, 0.1) is 5.54 Å². The van der Waals surface area contributed by atoms with Gasteiger partial charge in [-0.1, -0.05) is 0 Å². The fraction of sp³-hybridized carbons (Fsp3) is 0.938. The zero-order valence-electron chi connectivity index (χ0n) is 16.5. The first-order valence-electron chi connectivity index (χ1n) is 7.62. The van der Waals surface area contributed by atoms with Crippen molar-refractivity contribution in [2.75, 3.05) is 0 Å². The van der Waals surface area contributed by atoms with Gasteiger partial charge in [0, 0.05) is 24.5 Å². The van der Waals surface area contributed by atoms with Crippen LogP contribution in [0.2, 0.25) is 0 Å². The summed E-state index contributed by atoms with van der Waals surface area (Å²) in [5, 5.41) is 6.84. The van der Waals surface area contributed by atoms with Crippen molar-refractivity contribution in [3.05, 3.63) is 0 Å². The number of ketones is 1. The average molecular weight is 357 g/mol. The second-order valence-electron chi connectivity index (χ2n) is 8.63. The molecule has 2 fully saturated rings. The van der Waals surface area contributed by atoms with Crippen molar-refractivity contribution in [1.29, 1.82) is 11.1 Å². The molecular formula is C16H37KN4O2. The summed E-state index contributed by atoms with van der Waals surface area (Å²) in [6.45, 7) is 17.0. The van der Waals surface area contributed by atoms with Crippen LogP contribution in [0.5, 0.6) is 0 Å². The van der Waals surface area contributed by atoms with E-state index in [1.165, 1.54) is 12.8 Å². The molecule has 6 nitrogen and oxygen atoms in total. The van der Waals surface area contributed by atoms with E-state index in [2.05, 4.69) is 52.2 Å². The molecule has 0 bridgehead atoms. The molecule has 0 unspecified atom stereocenters. The van der Waals surface area contributed by atoms with Gasteiger partial charge in [0.15, 0.2) is 5.78 Å². The molecule has 2 aliphatic rings. The second-order valence-corrected chi connectivity index (χ2v) is 8.63. The van der Waals surface area contributed by atoms with Crippen LogP contribution in [-0.2, 0) is 4.79 Å². The Morgan fingerprint density at radius 2 is 1.17 bits per heavy atom. The van der Waals surface area contributed by atoms with Crippen molar-refractivity contribution >= 4 is 5.78 Å². The Bertz CT molecular complexity index is 374. The van der Waals surface area contributed by atoms with E-state index in [1.54, 1.807) is 0 Å². The predicted molar refractivity (Wildman–Crippen MR) is 90.9 cm³/mol. The van der Waals surface area contributed by atoms with Crippen LogP contribution in [0.3, 0.4) is 0 Å². The fourth-order valence-corrected chi connectivity index (χ4v) is 3.25. The third-order valence-electron chi connectivity index (χ3n) is 4.00. The molecular weight excluding hydrogens is 319 g/mol. The quantitative estimate of drug-likeness (QED) is 0.377. The molecule has 134 valence electrons. The monoisotopic (exact) mass is 356 g/mol. The summed E-state index contributed by atoms with van der Waals surface area (Å²) < 4.78 is 0. The third kappa shape index (κ3) is 10.4. The second kappa shape index (κ2) is 10.1. The average Bonchev–Trinajstić information content (AvgIpc) is 2.62. The maximum atomic E-state index is 11.2. The molecule has 0 aromatic heterocycles. The van der Waals surface area contributed by atoms with Crippen LogP contribution in [0.1, 0.15) is 76.1 Å². The first-order chi connectivity index (χ1) is 9.25. The van der Waals surface area contributed by atoms with Gasteiger partial charge in [-0.15, -0.1) is 0 Å². The van der Waals surface area contributed by atoms with Crippen LogP contribution in [0, 0.1) is 11.1 Å². The summed E-state index contributed by atoms with van der Waals surface area (Å²) >= 11 is 0. The van der Waals surface area contributed by atoms with Gasteiger partial charge in [0.1, 0.15) is 0 Å². The summed E-state index contributed by atoms with van der Waals surface area (Å²) in [5.74, 6) is 0.317. The van der Waals surface area contributed by atoms with Crippen molar-refractivity contribution in [3.8, 4) is 0 Å². The number of hydrogen-bond donors (Lipinski definition) is 4. The Balaban J connectivity index is -0.000000136. The fourth-order valence-electron chi connectivity index (χ4n) is 3.25. The Morgan fingerprint density at radius 1 is 0.826 bits per heavy atom. The number of Topliss-reactive ketones (excluding diaryl/α,β-unsaturated/α-hetero) is 1. The Labute approximate surface area is 185 Å². The van der Waals surface area contributed by atoms with Crippen molar-refractivity contribution in [3.63, 3.8) is 0 Å². The van der Waals surface area contributed by atoms with E-state index in [1.807, 2.05) is 13.8 Å². The first-order valence-corrected chi connectivity index (χ1v) is 7.62. The third-order valence-corrected chi connectivity index (χ3v) is 4.00. The van der Waals surface area contributed by atoms with Gasteiger partial charge >= 0.3 is 51.4 Å². The molecule has 5 N–H and O–H groups in total. The minimum atomic E-state index is -0.302. The zero-order valence-corrected chi connectivity index (χ0v) is 19.6. The van der Waals surface area contributed by atoms with Gasteiger partial charge in [0.2, 0.25) is 0 Å². The van der Waals surface area contributed by atoms with Gasteiger partial charge in [-0.05, 0) is 68.2 Å². The number of nitrogens with one attached hydrogen (secondary N) is 4. The summed E-state index contributed by atoms with van der Waals surface area (Å²) in [5.41, 5.74) is 10.5. The summed E-state index contributed by atoms with van der Waals surface area (Å²) in [6, 6.07) is 0. The standard InChI is InChI=1S/C8H15NO.C8H17N.K.H2N2.H2O.H2/c1-7(2)5-6(10)8(3,4)9-7;1-7(2)5-6-8(3,4)9-7;;1-2;;/h9H,5H2,1-4H3;9H,5-6H2,1-4H3;;1-2H;1H2;1H/q;;+1;;;/p-1. The van der Waals surface area contributed by atoms with E-state index in [4.69, 9.17) is 11.1 Å². The summed E-state index contributed by atoms with van der Waals surface area (Å²) in [6.07, 6.45) is 3.26. The van der Waals surface area contributed by atoms with E-state index in [0.29, 0.717) is 23.3 Å². The van der Waals surface area contributed by atoms with Crippen LogP contribution in [0.15, 0.2) is 0 Å². The molecule has 0 aliphatic carbocycles. The van der Waals surface area contributed by atoms with Crippen molar-refractivity contribution < 1.29 is 63.1 Å². The molecule has 0 aromatic rings. The van der Waals surface area contributed by atoms with Crippen LogP contribution in [0.4, 0.5) is 0 Å².